The number of benzene rings is 1. The number of carbonyl (C=O) groups is 1. The Morgan fingerprint density at radius 3 is 2.60 bits per heavy atom. The topological polar surface area (TPSA) is 47.8 Å². The molecule has 0 aliphatic rings. The lowest BCUT2D eigenvalue weighted by Crippen LogP contribution is -2.03. The van der Waals surface area contributed by atoms with Gasteiger partial charge in [-0.25, -0.2) is 4.98 Å². The van der Waals surface area contributed by atoms with Crippen molar-refractivity contribution < 1.29 is 4.79 Å². The van der Waals surface area contributed by atoms with Crippen LogP contribution in [0.25, 0.3) is 11.1 Å². The molecule has 0 N–H and O–H groups in total. The molecule has 0 saturated heterocycles. The predicted octanol–water partition coefficient (Wildman–Crippen LogP) is 2.81. The predicted molar refractivity (Wildman–Crippen MR) is 76.4 cm³/mol. The van der Waals surface area contributed by atoms with Crippen LogP contribution in [0.3, 0.4) is 0 Å². The highest BCUT2D eigenvalue weighted by molar-refractivity contribution is 5.69. The summed E-state index contributed by atoms with van der Waals surface area (Å²) >= 11 is 0. The van der Waals surface area contributed by atoms with Crippen LogP contribution in [0, 0.1) is 0 Å². The van der Waals surface area contributed by atoms with Gasteiger partial charge in [-0.1, -0.05) is 30.3 Å². The average Bonchev–Trinajstić information content (AvgIpc) is 2.96. The number of imidazole rings is 1. The molecule has 4 heteroatoms. The number of hydrogen-bond acceptors (Lipinski definition) is 3. The fraction of sp³-hybridized carbons (Fsp3) is 0.0625. The van der Waals surface area contributed by atoms with Crippen LogP contribution in [0.5, 0.6) is 0 Å². The fourth-order valence-electron chi connectivity index (χ4n) is 2.11. The summed E-state index contributed by atoms with van der Waals surface area (Å²) in [4.78, 5) is 18.9. The monoisotopic (exact) mass is 263 g/mol. The molecule has 0 radical (unpaired) electrons. The molecule has 0 bridgehead atoms. The summed E-state index contributed by atoms with van der Waals surface area (Å²) in [5.74, 6) is 0.446. The zero-order chi connectivity index (χ0) is 13.8. The van der Waals surface area contributed by atoms with Crippen LogP contribution < -0.4 is 0 Å². The van der Waals surface area contributed by atoms with E-state index in [1.165, 1.54) is 0 Å². The van der Waals surface area contributed by atoms with Crippen molar-refractivity contribution >= 4 is 6.29 Å². The molecule has 98 valence electrons. The second-order valence-corrected chi connectivity index (χ2v) is 4.47. The summed E-state index contributed by atoms with van der Waals surface area (Å²) in [6, 6.07) is 12.2. The Kier molecular flexibility index (Phi) is 3.37. The summed E-state index contributed by atoms with van der Waals surface area (Å²) in [6.07, 6.45) is 7.81. The number of hydrogen-bond donors (Lipinski definition) is 0. The van der Waals surface area contributed by atoms with Gasteiger partial charge in [-0.3, -0.25) is 9.78 Å². The van der Waals surface area contributed by atoms with Gasteiger partial charge < -0.3 is 4.57 Å². The van der Waals surface area contributed by atoms with Crippen LogP contribution in [-0.2, 0) is 6.54 Å². The van der Waals surface area contributed by atoms with Gasteiger partial charge in [-0.15, -0.1) is 0 Å². The molecule has 1 aromatic carbocycles. The zero-order valence-electron chi connectivity index (χ0n) is 10.8. The van der Waals surface area contributed by atoms with Crippen molar-refractivity contribution in [3.8, 4) is 11.1 Å². The average molecular weight is 263 g/mol. The summed E-state index contributed by atoms with van der Waals surface area (Å²) in [6.45, 7) is 0.640. The zero-order valence-corrected chi connectivity index (χ0v) is 10.8. The Morgan fingerprint density at radius 2 is 1.90 bits per heavy atom. The molecule has 0 unspecified atom stereocenters. The SMILES string of the molecule is O=Cc1nccn1Cc1ccc(-c2cccnc2)cc1. The van der Waals surface area contributed by atoms with Crippen LogP contribution in [0.2, 0.25) is 0 Å². The van der Waals surface area contributed by atoms with Gasteiger partial charge in [0.05, 0.1) is 0 Å². The first-order valence-electron chi connectivity index (χ1n) is 6.32. The molecule has 0 atom stereocenters. The normalized spacial score (nSPS) is 10.4. The maximum atomic E-state index is 10.8. The molecule has 2 aromatic heterocycles. The second kappa shape index (κ2) is 5.48. The molecule has 0 saturated carbocycles. The van der Waals surface area contributed by atoms with Crippen LogP contribution in [-0.4, -0.2) is 20.8 Å². The molecule has 0 fully saturated rings. The van der Waals surface area contributed by atoms with Gasteiger partial charge in [0.15, 0.2) is 12.1 Å². The first kappa shape index (κ1) is 12.3. The second-order valence-electron chi connectivity index (χ2n) is 4.47. The molecular weight excluding hydrogens is 250 g/mol. The Balaban J connectivity index is 1.82. The van der Waals surface area contributed by atoms with Crippen LogP contribution in [0.4, 0.5) is 0 Å². The molecule has 0 amide bonds. The van der Waals surface area contributed by atoms with E-state index >= 15 is 0 Å². The maximum absolute atomic E-state index is 10.8. The molecule has 20 heavy (non-hydrogen) atoms. The van der Waals surface area contributed by atoms with Crippen molar-refractivity contribution in [2.45, 2.75) is 6.54 Å². The lowest BCUT2D eigenvalue weighted by atomic mass is 10.1. The van der Waals surface area contributed by atoms with E-state index in [4.69, 9.17) is 0 Å². The number of rotatable bonds is 4. The lowest BCUT2D eigenvalue weighted by molar-refractivity contribution is 0.111. The van der Waals surface area contributed by atoms with Crippen molar-refractivity contribution in [3.63, 3.8) is 0 Å². The Labute approximate surface area is 116 Å². The third kappa shape index (κ3) is 2.49. The van der Waals surface area contributed by atoms with Gasteiger partial charge in [0, 0.05) is 31.3 Å². The minimum absolute atomic E-state index is 0.446. The van der Waals surface area contributed by atoms with Crippen LogP contribution >= 0.6 is 0 Å². The number of carbonyl (C=O) groups excluding carboxylic acids is 1. The molecule has 0 aliphatic carbocycles. The van der Waals surface area contributed by atoms with E-state index in [0.717, 1.165) is 23.0 Å². The molecule has 0 spiro atoms. The van der Waals surface area contributed by atoms with Gasteiger partial charge in [-0.05, 0) is 22.8 Å². The number of aldehydes is 1. The van der Waals surface area contributed by atoms with E-state index in [1.54, 1.807) is 18.6 Å². The van der Waals surface area contributed by atoms with E-state index in [0.29, 0.717) is 12.4 Å². The molecule has 3 aromatic rings. The quantitative estimate of drug-likeness (QED) is 0.680. The smallest absolute Gasteiger partial charge is 0.185 e. The maximum Gasteiger partial charge on any atom is 0.185 e. The molecule has 4 nitrogen and oxygen atoms in total. The van der Waals surface area contributed by atoms with Gasteiger partial charge in [-0.2, -0.15) is 0 Å². The van der Waals surface area contributed by atoms with Gasteiger partial charge in [0.1, 0.15) is 0 Å². The minimum atomic E-state index is 0.446. The number of aromatic nitrogens is 3. The number of nitrogens with zero attached hydrogens (tertiary/aromatic N) is 3. The molecule has 0 aliphatic heterocycles. The third-order valence-electron chi connectivity index (χ3n) is 3.15. The first-order valence-corrected chi connectivity index (χ1v) is 6.32. The van der Waals surface area contributed by atoms with E-state index in [9.17, 15) is 4.79 Å². The minimum Gasteiger partial charge on any atom is -0.324 e. The van der Waals surface area contributed by atoms with Crippen molar-refractivity contribution in [1.29, 1.82) is 0 Å². The molecular formula is C16H13N3O. The first-order chi connectivity index (χ1) is 9.86. The lowest BCUT2D eigenvalue weighted by Gasteiger charge is -2.06. The van der Waals surface area contributed by atoms with Crippen LogP contribution in [0.1, 0.15) is 16.2 Å². The van der Waals surface area contributed by atoms with Crippen molar-refractivity contribution in [3.05, 3.63) is 72.6 Å². The standard InChI is InChI=1S/C16H13N3O/c20-12-16-18-8-9-19(16)11-13-3-5-14(6-4-13)15-2-1-7-17-10-15/h1-10,12H,11H2. The van der Waals surface area contributed by atoms with E-state index in [-0.39, 0.29) is 0 Å². The molecule has 3 rings (SSSR count). The van der Waals surface area contributed by atoms with E-state index in [2.05, 4.69) is 34.2 Å². The highest BCUT2D eigenvalue weighted by atomic mass is 16.1. The highest BCUT2D eigenvalue weighted by Gasteiger charge is 2.02. The van der Waals surface area contributed by atoms with Gasteiger partial charge in [0.25, 0.3) is 0 Å². The number of pyridine rings is 1. The van der Waals surface area contributed by atoms with Gasteiger partial charge in [0.2, 0.25) is 0 Å². The van der Waals surface area contributed by atoms with Crippen LogP contribution in [0.15, 0.2) is 61.2 Å². The summed E-state index contributed by atoms with van der Waals surface area (Å²) in [7, 11) is 0. The highest BCUT2D eigenvalue weighted by Crippen LogP contribution is 2.18. The Morgan fingerprint density at radius 1 is 1.05 bits per heavy atom. The molecule has 2 heterocycles. The summed E-state index contributed by atoms with van der Waals surface area (Å²) in [5, 5.41) is 0. The summed E-state index contributed by atoms with van der Waals surface area (Å²) in [5.41, 5.74) is 3.34. The van der Waals surface area contributed by atoms with Crippen molar-refractivity contribution in [2.75, 3.05) is 0 Å². The summed E-state index contributed by atoms with van der Waals surface area (Å²) < 4.78 is 1.83. The van der Waals surface area contributed by atoms with E-state index < -0.39 is 0 Å². The third-order valence-corrected chi connectivity index (χ3v) is 3.15. The fourth-order valence-corrected chi connectivity index (χ4v) is 2.11. The Hall–Kier alpha value is -2.75. The van der Waals surface area contributed by atoms with Gasteiger partial charge >= 0.3 is 0 Å². The Bertz CT molecular complexity index is 702. The van der Waals surface area contributed by atoms with Crippen molar-refractivity contribution in [1.82, 2.24) is 14.5 Å². The largest absolute Gasteiger partial charge is 0.324 e. The van der Waals surface area contributed by atoms with E-state index in [1.807, 2.05) is 22.9 Å². The van der Waals surface area contributed by atoms with Crippen molar-refractivity contribution in [2.24, 2.45) is 0 Å².